The Balaban J connectivity index is 1.89. The molecule has 2 unspecified atom stereocenters. The summed E-state index contributed by atoms with van der Waals surface area (Å²) in [5, 5.41) is 12.4. The molecule has 0 aromatic carbocycles. The van der Waals surface area contributed by atoms with Crippen LogP contribution in [0.25, 0.3) is 0 Å². The molecule has 1 aliphatic rings. The average molecular weight is 275 g/mol. The molecule has 0 spiro atoms. The molecule has 1 saturated carbocycles. The van der Waals surface area contributed by atoms with Gasteiger partial charge in [-0.3, -0.25) is 4.79 Å². The molecule has 1 aromatic rings. The molecule has 1 N–H and O–H groups in total. The minimum absolute atomic E-state index is 0.142. The number of amides is 1. The first-order valence-electron chi connectivity index (χ1n) is 6.51. The van der Waals surface area contributed by atoms with Gasteiger partial charge in [0.1, 0.15) is 11.8 Å². The first-order valence-corrected chi connectivity index (χ1v) is 7.56. The number of hydrogen-bond donors (Lipinski definition) is 1. The Morgan fingerprint density at radius 3 is 3.05 bits per heavy atom. The molecule has 1 amide bonds. The summed E-state index contributed by atoms with van der Waals surface area (Å²) in [6, 6.07) is 5.46. The van der Waals surface area contributed by atoms with E-state index in [0.717, 1.165) is 18.6 Å². The number of nitrogens with one attached hydrogen (secondary N) is 1. The lowest BCUT2D eigenvalue weighted by Gasteiger charge is -2.12. The van der Waals surface area contributed by atoms with E-state index in [1.165, 1.54) is 12.6 Å². The molecule has 2 atom stereocenters. The fourth-order valence-electron chi connectivity index (χ4n) is 2.31. The molecule has 1 fully saturated rings. The lowest BCUT2D eigenvalue weighted by Crippen LogP contribution is -2.33. The maximum atomic E-state index is 12.0. The van der Waals surface area contributed by atoms with Crippen LogP contribution < -0.4 is 5.32 Å². The van der Waals surface area contributed by atoms with Gasteiger partial charge in [0, 0.05) is 17.5 Å². The fourth-order valence-corrected chi connectivity index (χ4v) is 3.45. The molecule has 0 saturated heterocycles. The van der Waals surface area contributed by atoms with Crippen molar-refractivity contribution in [2.75, 3.05) is 5.75 Å². The van der Waals surface area contributed by atoms with E-state index in [9.17, 15) is 4.79 Å². The van der Waals surface area contributed by atoms with E-state index >= 15 is 0 Å². The zero-order chi connectivity index (χ0) is 13.7. The van der Waals surface area contributed by atoms with E-state index < -0.39 is 0 Å². The molecular formula is C14H17N3OS. The number of hydrogen-bond acceptors (Lipinski definition) is 4. The number of thioether (sulfide) groups is 1. The number of rotatable bonds is 4. The van der Waals surface area contributed by atoms with Gasteiger partial charge < -0.3 is 5.32 Å². The van der Waals surface area contributed by atoms with Crippen LogP contribution in [0.2, 0.25) is 0 Å². The SMILES string of the molecule is CCSC1CCC(NC(=O)c2ccc(C#N)cn2)C1. The van der Waals surface area contributed by atoms with Gasteiger partial charge >= 0.3 is 0 Å². The van der Waals surface area contributed by atoms with Crippen molar-refractivity contribution >= 4 is 17.7 Å². The van der Waals surface area contributed by atoms with E-state index in [4.69, 9.17) is 5.26 Å². The summed E-state index contributed by atoms with van der Waals surface area (Å²) in [5.74, 6) is 0.985. The second-order valence-electron chi connectivity index (χ2n) is 4.60. The molecule has 1 heterocycles. The Bertz CT molecular complexity index is 480. The quantitative estimate of drug-likeness (QED) is 0.916. The number of aromatic nitrogens is 1. The van der Waals surface area contributed by atoms with Gasteiger partial charge in [0.05, 0.1) is 5.56 Å². The van der Waals surface area contributed by atoms with Gasteiger partial charge in [0.2, 0.25) is 0 Å². The predicted molar refractivity (Wildman–Crippen MR) is 76.0 cm³/mol. The topological polar surface area (TPSA) is 65.8 Å². The maximum absolute atomic E-state index is 12.0. The van der Waals surface area contributed by atoms with Crippen molar-refractivity contribution in [3.8, 4) is 6.07 Å². The molecule has 0 aliphatic heterocycles. The van der Waals surface area contributed by atoms with Crippen LogP contribution in [0.15, 0.2) is 18.3 Å². The van der Waals surface area contributed by atoms with Crippen molar-refractivity contribution < 1.29 is 4.79 Å². The minimum Gasteiger partial charge on any atom is -0.348 e. The molecular weight excluding hydrogens is 258 g/mol. The first kappa shape index (κ1) is 13.9. The largest absolute Gasteiger partial charge is 0.348 e. The average Bonchev–Trinajstić information content (AvgIpc) is 2.86. The van der Waals surface area contributed by atoms with Crippen LogP contribution in [0.5, 0.6) is 0 Å². The van der Waals surface area contributed by atoms with Gasteiger partial charge in [0.15, 0.2) is 0 Å². The molecule has 5 heteroatoms. The fraction of sp³-hybridized carbons (Fsp3) is 0.500. The van der Waals surface area contributed by atoms with Crippen LogP contribution in [0, 0.1) is 11.3 Å². The van der Waals surface area contributed by atoms with Gasteiger partial charge in [-0.25, -0.2) is 4.98 Å². The summed E-state index contributed by atoms with van der Waals surface area (Å²) in [4.78, 5) is 16.0. The van der Waals surface area contributed by atoms with E-state index in [1.807, 2.05) is 17.8 Å². The van der Waals surface area contributed by atoms with Gasteiger partial charge in [0.25, 0.3) is 5.91 Å². The van der Waals surface area contributed by atoms with E-state index in [1.54, 1.807) is 12.1 Å². The Morgan fingerprint density at radius 1 is 1.58 bits per heavy atom. The van der Waals surface area contributed by atoms with Crippen molar-refractivity contribution in [2.24, 2.45) is 0 Å². The van der Waals surface area contributed by atoms with Gasteiger partial charge in [-0.05, 0) is 37.1 Å². The summed E-state index contributed by atoms with van der Waals surface area (Å²) >= 11 is 1.97. The third-order valence-corrected chi connectivity index (χ3v) is 4.48. The molecule has 2 rings (SSSR count). The van der Waals surface area contributed by atoms with Crippen LogP contribution in [-0.2, 0) is 0 Å². The summed E-state index contributed by atoms with van der Waals surface area (Å²) in [6.07, 6.45) is 4.68. The molecule has 0 bridgehead atoms. The van der Waals surface area contributed by atoms with E-state index in [-0.39, 0.29) is 11.9 Å². The first-order chi connectivity index (χ1) is 9.22. The molecule has 1 aromatic heterocycles. The Morgan fingerprint density at radius 2 is 2.42 bits per heavy atom. The van der Waals surface area contributed by atoms with Gasteiger partial charge in [-0.15, -0.1) is 0 Å². The molecule has 100 valence electrons. The highest BCUT2D eigenvalue weighted by Crippen LogP contribution is 2.29. The highest BCUT2D eigenvalue weighted by molar-refractivity contribution is 7.99. The van der Waals surface area contributed by atoms with Crippen molar-refractivity contribution in [3.63, 3.8) is 0 Å². The zero-order valence-corrected chi connectivity index (χ0v) is 11.7. The lowest BCUT2D eigenvalue weighted by molar-refractivity contribution is 0.0933. The summed E-state index contributed by atoms with van der Waals surface area (Å²) in [6.45, 7) is 2.16. The van der Waals surface area contributed by atoms with Crippen LogP contribution in [-0.4, -0.2) is 27.9 Å². The monoisotopic (exact) mass is 275 g/mol. The van der Waals surface area contributed by atoms with Crippen LogP contribution in [0.4, 0.5) is 0 Å². The highest BCUT2D eigenvalue weighted by atomic mass is 32.2. The Labute approximate surface area is 117 Å². The molecule has 4 nitrogen and oxygen atoms in total. The second kappa shape index (κ2) is 6.58. The molecule has 19 heavy (non-hydrogen) atoms. The summed E-state index contributed by atoms with van der Waals surface area (Å²) in [5.41, 5.74) is 0.849. The highest BCUT2D eigenvalue weighted by Gasteiger charge is 2.26. The van der Waals surface area contributed by atoms with Gasteiger partial charge in [-0.2, -0.15) is 17.0 Å². The Kier molecular flexibility index (Phi) is 4.80. The molecule has 0 radical (unpaired) electrons. The van der Waals surface area contributed by atoms with Crippen molar-refractivity contribution in [1.29, 1.82) is 5.26 Å². The number of pyridine rings is 1. The predicted octanol–water partition coefficient (Wildman–Crippen LogP) is 2.36. The van der Waals surface area contributed by atoms with Gasteiger partial charge in [-0.1, -0.05) is 6.92 Å². The third kappa shape index (κ3) is 3.71. The maximum Gasteiger partial charge on any atom is 0.270 e. The summed E-state index contributed by atoms with van der Waals surface area (Å²) in [7, 11) is 0. The summed E-state index contributed by atoms with van der Waals surface area (Å²) < 4.78 is 0. The smallest absolute Gasteiger partial charge is 0.270 e. The number of carbonyl (C=O) groups is 1. The number of carbonyl (C=O) groups excluding carboxylic acids is 1. The Hall–Kier alpha value is -1.54. The number of nitrogens with zero attached hydrogens (tertiary/aromatic N) is 2. The normalized spacial score (nSPS) is 21.9. The minimum atomic E-state index is -0.142. The molecule has 1 aliphatic carbocycles. The van der Waals surface area contributed by atoms with Crippen LogP contribution in [0.1, 0.15) is 42.2 Å². The lowest BCUT2D eigenvalue weighted by atomic mass is 10.2. The number of nitriles is 1. The van der Waals surface area contributed by atoms with Crippen LogP contribution >= 0.6 is 11.8 Å². The second-order valence-corrected chi connectivity index (χ2v) is 6.18. The zero-order valence-electron chi connectivity index (χ0n) is 10.9. The van der Waals surface area contributed by atoms with Crippen molar-refractivity contribution in [3.05, 3.63) is 29.6 Å². The standard InChI is InChI=1S/C14H17N3OS/c1-2-19-12-5-4-11(7-12)17-14(18)13-6-3-10(8-15)9-16-13/h3,6,9,11-12H,2,4-5,7H2,1H3,(H,17,18). The van der Waals surface area contributed by atoms with E-state index in [0.29, 0.717) is 16.5 Å². The van der Waals surface area contributed by atoms with Crippen molar-refractivity contribution in [1.82, 2.24) is 10.3 Å². The van der Waals surface area contributed by atoms with Crippen LogP contribution in [0.3, 0.4) is 0 Å². The van der Waals surface area contributed by atoms with Crippen molar-refractivity contribution in [2.45, 2.75) is 37.5 Å². The third-order valence-electron chi connectivity index (χ3n) is 3.25. The van der Waals surface area contributed by atoms with E-state index in [2.05, 4.69) is 17.2 Å².